The molecule has 0 amide bonds. The fourth-order valence-electron chi connectivity index (χ4n) is 5.97. The predicted octanol–water partition coefficient (Wildman–Crippen LogP) is 5.85. The summed E-state index contributed by atoms with van der Waals surface area (Å²) in [6.07, 6.45) is 5.60. The summed E-state index contributed by atoms with van der Waals surface area (Å²) in [5, 5.41) is 3.57. The Kier molecular flexibility index (Phi) is 13.4. The Morgan fingerprint density at radius 3 is 1.89 bits per heavy atom. The van der Waals surface area contributed by atoms with Gasteiger partial charge in [-0.1, -0.05) is 41.5 Å². The van der Waals surface area contributed by atoms with Crippen LogP contribution >= 0.6 is 0 Å². The lowest BCUT2D eigenvalue weighted by molar-refractivity contribution is -0.0993. The van der Waals surface area contributed by atoms with Gasteiger partial charge >= 0.3 is 0 Å². The highest BCUT2D eigenvalue weighted by atomic mass is 28.4. The lowest BCUT2D eigenvalue weighted by atomic mass is 9.90. The number of piperidine rings is 1. The first-order chi connectivity index (χ1) is 16.8. The van der Waals surface area contributed by atoms with Crippen LogP contribution in [0.2, 0.25) is 36.3 Å². The van der Waals surface area contributed by atoms with Gasteiger partial charge in [0.2, 0.25) is 0 Å². The van der Waals surface area contributed by atoms with Gasteiger partial charge in [-0.2, -0.15) is 0 Å². The van der Waals surface area contributed by atoms with Crippen molar-refractivity contribution in [3.63, 3.8) is 0 Å². The van der Waals surface area contributed by atoms with Gasteiger partial charge in [0.1, 0.15) is 0 Å². The SMILES string of the molecule is CC[Si](CC)(CC)O[C@@H](CCN1CCC2(CC2)[C@H](O[Si](CC)(CC)CC)C1)CNCC(OC)OC. The average molecular weight is 531 g/mol. The van der Waals surface area contributed by atoms with Crippen LogP contribution in [0.5, 0.6) is 0 Å². The summed E-state index contributed by atoms with van der Waals surface area (Å²) in [6.45, 7) is 19.0. The molecule has 0 bridgehead atoms. The standard InChI is InChI=1S/C27H58N2O4Si2/c1-9-34(10-2,11-3)32-24(21-28-22-26(30-7)31-8)15-19-29-20-18-27(16-17-27)25(23-29)33-35(12-4,13-5)14-6/h24-26,28H,9-23H2,1-8H3/t24-,25+/m0/s1. The maximum atomic E-state index is 7.12. The first kappa shape index (κ1) is 31.4. The first-order valence-corrected chi connectivity index (χ1v) is 19.7. The smallest absolute Gasteiger partial charge is 0.192 e. The third-order valence-electron chi connectivity index (χ3n) is 9.58. The van der Waals surface area contributed by atoms with Gasteiger partial charge < -0.3 is 28.5 Å². The van der Waals surface area contributed by atoms with Crippen LogP contribution in [-0.4, -0.2) is 87.0 Å². The van der Waals surface area contributed by atoms with Crippen molar-refractivity contribution in [3.05, 3.63) is 0 Å². The van der Waals surface area contributed by atoms with Crippen LogP contribution in [0.3, 0.4) is 0 Å². The molecule has 0 radical (unpaired) electrons. The summed E-state index contributed by atoms with van der Waals surface area (Å²) in [6, 6.07) is 7.31. The Hall–Kier alpha value is 0.194. The fraction of sp³-hybridized carbons (Fsp3) is 1.00. The zero-order valence-corrected chi connectivity index (χ0v) is 26.4. The van der Waals surface area contributed by atoms with Crippen LogP contribution in [0.15, 0.2) is 0 Å². The summed E-state index contributed by atoms with van der Waals surface area (Å²) in [4.78, 5) is 2.69. The highest BCUT2D eigenvalue weighted by molar-refractivity contribution is 6.74. The third-order valence-corrected chi connectivity index (χ3v) is 18.9. The molecule has 0 aromatic rings. The van der Waals surface area contributed by atoms with E-state index < -0.39 is 16.6 Å². The number of nitrogens with one attached hydrogen (secondary N) is 1. The van der Waals surface area contributed by atoms with Crippen molar-refractivity contribution in [1.82, 2.24) is 10.2 Å². The number of hydrogen-bond acceptors (Lipinski definition) is 6. The summed E-state index contributed by atoms with van der Waals surface area (Å²) in [7, 11) is 0.128. The second kappa shape index (κ2) is 15.0. The minimum absolute atomic E-state index is 0.212. The summed E-state index contributed by atoms with van der Waals surface area (Å²) in [5.41, 5.74) is 0.496. The number of likely N-dealkylation sites (tertiary alicyclic amines) is 1. The Morgan fingerprint density at radius 1 is 0.829 bits per heavy atom. The topological polar surface area (TPSA) is 52.2 Å². The minimum Gasteiger partial charge on any atom is -0.413 e. The molecule has 6 nitrogen and oxygen atoms in total. The molecule has 208 valence electrons. The maximum absolute atomic E-state index is 7.12. The van der Waals surface area contributed by atoms with Crippen molar-refractivity contribution in [3.8, 4) is 0 Å². The maximum Gasteiger partial charge on any atom is 0.192 e. The third kappa shape index (κ3) is 8.60. The van der Waals surface area contributed by atoms with Crippen molar-refractivity contribution in [2.45, 2.75) is 122 Å². The quantitative estimate of drug-likeness (QED) is 0.167. The van der Waals surface area contributed by atoms with E-state index in [4.69, 9.17) is 18.3 Å². The molecule has 1 aliphatic carbocycles. The van der Waals surface area contributed by atoms with Crippen LogP contribution in [0, 0.1) is 5.41 Å². The number of methoxy groups -OCH3 is 2. The second-order valence-corrected chi connectivity index (χ2v) is 20.5. The van der Waals surface area contributed by atoms with Gasteiger partial charge in [0.05, 0.1) is 12.2 Å². The lowest BCUT2D eigenvalue weighted by Crippen LogP contribution is -2.52. The summed E-state index contributed by atoms with van der Waals surface area (Å²) in [5.74, 6) is 0. The van der Waals surface area contributed by atoms with E-state index in [1.54, 1.807) is 14.2 Å². The van der Waals surface area contributed by atoms with Crippen LogP contribution in [-0.2, 0) is 18.3 Å². The van der Waals surface area contributed by atoms with E-state index in [0.29, 0.717) is 18.1 Å². The van der Waals surface area contributed by atoms with E-state index in [0.717, 1.165) is 26.1 Å². The molecule has 2 aliphatic rings. The molecule has 1 N–H and O–H groups in total. The number of hydrogen-bond donors (Lipinski definition) is 1. The summed E-state index contributed by atoms with van der Waals surface area (Å²) >= 11 is 0. The van der Waals surface area contributed by atoms with E-state index in [-0.39, 0.29) is 12.4 Å². The highest BCUT2D eigenvalue weighted by Gasteiger charge is 2.54. The van der Waals surface area contributed by atoms with Gasteiger partial charge in [0.15, 0.2) is 22.9 Å². The van der Waals surface area contributed by atoms with Gasteiger partial charge in [-0.3, -0.25) is 0 Å². The van der Waals surface area contributed by atoms with Gasteiger partial charge in [-0.05, 0) is 73.9 Å². The van der Waals surface area contributed by atoms with E-state index in [1.807, 2.05) is 0 Å². The van der Waals surface area contributed by atoms with Crippen molar-refractivity contribution in [2.75, 3.05) is 46.9 Å². The Balaban J connectivity index is 2.01. The van der Waals surface area contributed by atoms with Crippen molar-refractivity contribution < 1.29 is 18.3 Å². The van der Waals surface area contributed by atoms with E-state index in [2.05, 4.69) is 51.8 Å². The molecule has 1 spiro atoms. The molecule has 35 heavy (non-hydrogen) atoms. The van der Waals surface area contributed by atoms with E-state index in [9.17, 15) is 0 Å². The van der Waals surface area contributed by atoms with E-state index >= 15 is 0 Å². The largest absolute Gasteiger partial charge is 0.413 e. The molecule has 2 atom stereocenters. The zero-order chi connectivity index (χ0) is 26.0. The molecule has 2 rings (SSSR count). The van der Waals surface area contributed by atoms with Crippen LogP contribution < -0.4 is 5.32 Å². The van der Waals surface area contributed by atoms with E-state index in [1.165, 1.54) is 62.1 Å². The first-order valence-electron chi connectivity index (χ1n) is 14.7. The Morgan fingerprint density at radius 2 is 1.40 bits per heavy atom. The Bertz CT molecular complexity index is 565. The number of nitrogens with zero attached hydrogens (tertiary/aromatic N) is 1. The molecule has 1 saturated heterocycles. The van der Waals surface area contributed by atoms with Crippen LogP contribution in [0.25, 0.3) is 0 Å². The fourth-order valence-corrected chi connectivity index (χ4v) is 11.8. The molecule has 0 aromatic heterocycles. The molecule has 0 unspecified atom stereocenters. The van der Waals surface area contributed by atoms with Crippen LogP contribution in [0.1, 0.15) is 67.2 Å². The molecular weight excluding hydrogens is 472 g/mol. The Labute approximate surface area is 219 Å². The molecule has 0 aromatic carbocycles. The summed E-state index contributed by atoms with van der Waals surface area (Å²) < 4.78 is 24.8. The zero-order valence-electron chi connectivity index (χ0n) is 24.4. The normalized spacial score (nSPS) is 21.7. The molecule has 1 aliphatic heterocycles. The molecule has 2 fully saturated rings. The molecule has 1 saturated carbocycles. The van der Waals surface area contributed by atoms with Gasteiger partial charge in [0.25, 0.3) is 0 Å². The monoisotopic (exact) mass is 530 g/mol. The van der Waals surface area contributed by atoms with Crippen molar-refractivity contribution in [2.24, 2.45) is 5.41 Å². The van der Waals surface area contributed by atoms with Crippen molar-refractivity contribution in [1.29, 1.82) is 0 Å². The molecule has 8 heteroatoms. The minimum atomic E-state index is -1.67. The predicted molar refractivity (Wildman–Crippen MR) is 152 cm³/mol. The number of rotatable bonds is 19. The van der Waals surface area contributed by atoms with Crippen molar-refractivity contribution >= 4 is 16.6 Å². The average Bonchev–Trinajstić information content (AvgIpc) is 3.68. The highest BCUT2D eigenvalue weighted by Crippen LogP contribution is 2.55. The van der Waals surface area contributed by atoms with Crippen LogP contribution in [0.4, 0.5) is 0 Å². The molecule has 1 heterocycles. The van der Waals surface area contributed by atoms with Gasteiger partial charge in [0, 0.05) is 40.4 Å². The number of ether oxygens (including phenoxy) is 2. The molecular formula is C27H58N2O4Si2. The lowest BCUT2D eigenvalue weighted by Gasteiger charge is -2.44. The second-order valence-electron chi connectivity index (χ2n) is 11.1. The van der Waals surface area contributed by atoms with Gasteiger partial charge in [-0.15, -0.1) is 0 Å². The van der Waals surface area contributed by atoms with Gasteiger partial charge in [-0.25, -0.2) is 0 Å².